The van der Waals surface area contributed by atoms with E-state index >= 15 is 0 Å². The second-order valence-electron chi connectivity index (χ2n) is 4.37. The van der Waals surface area contributed by atoms with Crippen LogP contribution in [0.15, 0.2) is 48.5 Å². The molecule has 0 aromatic heterocycles. The average molecular weight is 272 g/mol. The van der Waals surface area contributed by atoms with Gasteiger partial charge in [-0.3, -0.25) is 9.59 Å². The fraction of sp³-hybridized carbons (Fsp3) is 0.0667. The van der Waals surface area contributed by atoms with Crippen molar-refractivity contribution in [2.75, 3.05) is 4.90 Å². The predicted molar refractivity (Wildman–Crippen MR) is 73.4 cm³/mol. The molecular weight excluding hydrogens is 262 g/mol. The summed E-state index contributed by atoms with van der Waals surface area (Å²) < 4.78 is 0. The van der Waals surface area contributed by atoms with Crippen molar-refractivity contribution in [3.05, 3.63) is 64.7 Å². The van der Waals surface area contributed by atoms with Gasteiger partial charge in [0.15, 0.2) is 0 Å². The minimum Gasteiger partial charge on any atom is -0.300 e. The van der Waals surface area contributed by atoms with Gasteiger partial charge in [-0.1, -0.05) is 41.9 Å². The number of nitrogens with zero attached hydrogens (tertiary/aromatic N) is 1. The summed E-state index contributed by atoms with van der Waals surface area (Å²) in [7, 11) is 0. The highest BCUT2D eigenvalue weighted by atomic mass is 35.5. The molecule has 0 unspecified atom stereocenters. The summed E-state index contributed by atoms with van der Waals surface area (Å²) in [5.74, 6) is -0.969. The lowest BCUT2D eigenvalue weighted by molar-refractivity contribution is -0.114. The van der Waals surface area contributed by atoms with E-state index in [-0.39, 0.29) is 0 Å². The molecule has 94 valence electrons. The van der Waals surface area contributed by atoms with E-state index in [9.17, 15) is 9.59 Å². The lowest BCUT2D eigenvalue weighted by atomic mass is 10.1. The van der Waals surface area contributed by atoms with E-state index in [4.69, 9.17) is 11.6 Å². The predicted octanol–water partition coefficient (Wildman–Crippen LogP) is 3.07. The molecule has 0 saturated carbocycles. The second-order valence-corrected chi connectivity index (χ2v) is 4.80. The first-order valence-corrected chi connectivity index (χ1v) is 6.24. The van der Waals surface area contributed by atoms with Crippen LogP contribution in [0, 0.1) is 0 Å². The number of hydrogen-bond donors (Lipinski definition) is 0. The number of benzene rings is 2. The van der Waals surface area contributed by atoms with Crippen molar-refractivity contribution in [3.8, 4) is 0 Å². The zero-order chi connectivity index (χ0) is 13.4. The van der Waals surface area contributed by atoms with Gasteiger partial charge in [0, 0.05) is 5.02 Å². The normalized spacial score (nSPS) is 13.8. The zero-order valence-electron chi connectivity index (χ0n) is 9.97. The molecule has 0 bridgehead atoms. The van der Waals surface area contributed by atoms with Gasteiger partial charge in [0.2, 0.25) is 0 Å². The highest BCUT2D eigenvalue weighted by Gasteiger charge is 2.35. The molecule has 0 N–H and O–H groups in total. The number of ketones is 1. The van der Waals surface area contributed by atoms with Gasteiger partial charge >= 0.3 is 0 Å². The Balaban J connectivity index is 2.01. The Bertz CT molecular complexity index is 667. The summed E-state index contributed by atoms with van der Waals surface area (Å²) in [6.45, 7) is 0.374. The number of amides is 1. The summed E-state index contributed by atoms with van der Waals surface area (Å²) in [5, 5.41) is 0.513. The average Bonchev–Trinajstić information content (AvgIpc) is 2.65. The van der Waals surface area contributed by atoms with Crippen LogP contribution in [0.2, 0.25) is 5.02 Å². The number of carbonyl (C=O) groups excluding carboxylic acids is 2. The van der Waals surface area contributed by atoms with Crippen molar-refractivity contribution < 1.29 is 9.59 Å². The number of carbonyl (C=O) groups is 2. The van der Waals surface area contributed by atoms with E-state index in [1.54, 1.807) is 18.2 Å². The number of anilines is 1. The maximum atomic E-state index is 12.0. The molecule has 0 aliphatic carbocycles. The molecule has 4 heteroatoms. The molecule has 1 aliphatic rings. The minimum atomic E-state index is -0.499. The van der Waals surface area contributed by atoms with E-state index in [1.807, 2.05) is 30.3 Å². The molecule has 2 aromatic rings. The van der Waals surface area contributed by atoms with Gasteiger partial charge in [-0.05, 0) is 23.8 Å². The third-order valence-corrected chi connectivity index (χ3v) is 3.35. The summed E-state index contributed by atoms with van der Waals surface area (Å²) in [4.78, 5) is 25.4. The lowest BCUT2D eigenvalue weighted by Gasteiger charge is -2.16. The first-order chi connectivity index (χ1) is 9.16. The van der Waals surface area contributed by atoms with E-state index in [2.05, 4.69) is 0 Å². The molecule has 1 aliphatic heterocycles. The maximum Gasteiger partial charge on any atom is 0.299 e. The Morgan fingerprint density at radius 1 is 1.00 bits per heavy atom. The van der Waals surface area contributed by atoms with Crippen LogP contribution in [0.5, 0.6) is 0 Å². The Labute approximate surface area is 115 Å². The topological polar surface area (TPSA) is 37.4 Å². The monoisotopic (exact) mass is 271 g/mol. The zero-order valence-corrected chi connectivity index (χ0v) is 10.7. The molecule has 3 nitrogen and oxygen atoms in total. The summed E-state index contributed by atoms with van der Waals surface area (Å²) >= 11 is 5.94. The van der Waals surface area contributed by atoms with Gasteiger partial charge in [-0.25, -0.2) is 0 Å². The second kappa shape index (κ2) is 4.52. The molecule has 19 heavy (non-hydrogen) atoms. The van der Waals surface area contributed by atoms with Gasteiger partial charge in [-0.15, -0.1) is 0 Å². The molecule has 0 saturated heterocycles. The summed E-state index contributed by atoms with van der Waals surface area (Å²) in [5.41, 5.74) is 1.98. The van der Waals surface area contributed by atoms with Gasteiger partial charge in [0.05, 0.1) is 17.8 Å². The van der Waals surface area contributed by atoms with Crippen LogP contribution in [0.1, 0.15) is 15.9 Å². The molecule has 0 spiro atoms. The van der Waals surface area contributed by atoms with Gasteiger partial charge < -0.3 is 4.90 Å². The molecule has 2 aromatic carbocycles. The fourth-order valence-corrected chi connectivity index (χ4v) is 2.36. The smallest absolute Gasteiger partial charge is 0.299 e. The molecule has 1 heterocycles. The lowest BCUT2D eigenvalue weighted by Crippen LogP contribution is -2.29. The third-order valence-electron chi connectivity index (χ3n) is 3.12. The first kappa shape index (κ1) is 11.9. The van der Waals surface area contributed by atoms with Crippen molar-refractivity contribution in [1.29, 1.82) is 0 Å². The number of rotatable bonds is 2. The molecule has 0 radical (unpaired) electrons. The molecule has 3 rings (SSSR count). The highest BCUT2D eigenvalue weighted by Crippen LogP contribution is 2.32. The van der Waals surface area contributed by atoms with Gasteiger partial charge in [0.25, 0.3) is 11.7 Å². The fourth-order valence-electron chi connectivity index (χ4n) is 2.19. The van der Waals surface area contributed by atoms with Crippen LogP contribution in [0.3, 0.4) is 0 Å². The molecular formula is C15H10ClNO2. The standard InChI is InChI=1S/C15H10ClNO2/c16-11-6-7-12-13(8-11)17(15(19)14(12)18)9-10-4-2-1-3-5-10/h1-8H,9H2. The van der Waals surface area contributed by atoms with Crippen LogP contribution in [-0.4, -0.2) is 11.7 Å². The van der Waals surface area contributed by atoms with Crippen molar-refractivity contribution in [1.82, 2.24) is 0 Å². The van der Waals surface area contributed by atoms with Crippen LogP contribution >= 0.6 is 11.6 Å². The van der Waals surface area contributed by atoms with Crippen LogP contribution in [0.4, 0.5) is 5.69 Å². The SMILES string of the molecule is O=C1C(=O)N(Cc2ccccc2)c2cc(Cl)ccc21. The van der Waals surface area contributed by atoms with Crippen LogP contribution < -0.4 is 4.90 Å². The van der Waals surface area contributed by atoms with Gasteiger partial charge in [0.1, 0.15) is 0 Å². The Kier molecular flexibility index (Phi) is 2.84. The van der Waals surface area contributed by atoms with E-state index in [0.29, 0.717) is 22.8 Å². The maximum absolute atomic E-state index is 12.0. The molecule has 1 amide bonds. The molecule has 0 atom stereocenters. The van der Waals surface area contributed by atoms with Crippen LogP contribution in [-0.2, 0) is 11.3 Å². The van der Waals surface area contributed by atoms with E-state index < -0.39 is 11.7 Å². The Morgan fingerprint density at radius 2 is 1.74 bits per heavy atom. The van der Waals surface area contributed by atoms with Crippen LogP contribution in [0.25, 0.3) is 0 Å². The quantitative estimate of drug-likeness (QED) is 0.787. The number of halogens is 1. The highest BCUT2D eigenvalue weighted by molar-refractivity contribution is 6.52. The van der Waals surface area contributed by atoms with Crippen molar-refractivity contribution in [2.24, 2.45) is 0 Å². The number of Topliss-reactive ketones (excluding diaryl/α,β-unsaturated/α-hetero) is 1. The van der Waals surface area contributed by atoms with E-state index in [0.717, 1.165) is 5.56 Å². The first-order valence-electron chi connectivity index (χ1n) is 5.86. The van der Waals surface area contributed by atoms with E-state index in [1.165, 1.54) is 4.90 Å². The Morgan fingerprint density at radius 3 is 2.47 bits per heavy atom. The van der Waals surface area contributed by atoms with Crippen molar-refractivity contribution in [3.63, 3.8) is 0 Å². The minimum absolute atomic E-state index is 0.374. The van der Waals surface area contributed by atoms with Crippen molar-refractivity contribution >= 4 is 29.0 Å². The number of hydrogen-bond acceptors (Lipinski definition) is 2. The summed E-state index contributed by atoms with van der Waals surface area (Å²) in [6.07, 6.45) is 0. The molecule has 0 fully saturated rings. The number of fused-ring (bicyclic) bond motifs is 1. The third kappa shape index (κ3) is 2.02. The summed E-state index contributed by atoms with van der Waals surface area (Å²) in [6, 6.07) is 14.4. The van der Waals surface area contributed by atoms with Crippen molar-refractivity contribution in [2.45, 2.75) is 6.54 Å². The van der Waals surface area contributed by atoms with Gasteiger partial charge in [-0.2, -0.15) is 0 Å². The Hall–Kier alpha value is -2.13. The largest absolute Gasteiger partial charge is 0.300 e.